The number of amides is 3. The second-order valence-electron chi connectivity index (χ2n) is 9.21. The molecule has 1 aliphatic rings. The van der Waals surface area contributed by atoms with Crippen LogP contribution in [0.15, 0.2) is 65.7 Å². The van der Waals surface area contributed by atoms with E-state index in [4.69, 9.17) is 4.74 Å². The number of pyridine rings is 1. The first kappa shape index (κ1) is 28.0. The Kier molecular flexibility index (Phi) is 9.13. The van der Waals surface area contributed by atoms with Crippen molar-refractivity contribution in [3.8, 4) is 0 Å². The number of nitrogens with zero attached hydrogens (tertiary/aromatic N) is 3. The number of piperazine rings is 1. The Morgan fingerprint density at radius 2 is 1.64 bits per heavy atom. The van der Waals surface area contributed by atoms with Crippen molar-refractivity contribution in [3.63, 3.8) is 0 Å². The van der Waals surface area contributed by atoms with Crippen LogP contribution in [0.4, 0.5) is 4.79 Å². The number of urea groups is 1. The molecule has 0 atom stereocenters. The number of rotatable bonds is 9. The molecule has 4 rings (SSSR count). The smallest absolute Gasteiger partial charge is 0.317 e. The number of para-hydroxylation sites is 1. The predicted molar refractivity (Wildman–Crippen MR) is 146 cm³/mol. The van der Waals surface area contributed by atoms with Gasteiger partial charge in [0.25, 0.3) is 5.91 Å². The minimum atomic E-state index is -3.65. The largest absolute Gasteiger partial charge is 0.466 e. The van der Waals surface area contributed by atoms with Crippen molar-refractivity contribution in [3.05, 3.63) is 71.9 Å². The molecule has 2 aromatic carbocycles. The molecule has 0 bridgehead atoms. The summed E-state index contributed by atoms with van der Waals surface area (Å²) < 4.78 is 31.1. The van der Waals surface area contributed by atoms with Gasteiger partial charge in [-0.25, -0.2) is 13.2 Å². The lowest BCUT2D eigenvalue weighted by Crippen LogP contribution is -2.53. The van der Waals surface area contributed by atoms with Crippen molar-refractivity contribution in [1.29, 1.82) is 0 Å². The summed E-state index contributed by atoms with van der Waals surface area (Å²) in [6.07, 6.45) is 2.32. The lowest BCUT2D eigenvalue weighted by Gasteiger charge is -2.34. The van der Waals surface area contributed by atoms with Gasteiger partial charge in [-0.1, -0.05) is 30.3 Å². The maximum Gasteiger partial charge on any atom is 0.317 e. The Balaban J connectivity index is 1.28. The topological polar surface area (TPSA) is 126 Å². The molecule has 1 saturated heterocycles. The third kappa shape index (κ3) is 7.11. The van der Waals surface area contributed by atoms with Crippen LogP contribution in [0.5, 0.6) is 0 Å². The van der Waals surface area contributed by atoms with E-state index in [1.165, 1.54) is 0 Å². The van der Waals surface area contributed by atoms with E-state index >= 15 is 0 Å². The van der Waals surface area contributed by atoms with Gasteiger partial charge in [0.2, 0.25) is 0 Å². The zero-order chi connectivity index (χ0) is 27.8. The van der Waals surface area contributed by atoms with Crippen LogP contribution in [0, 0.1) is 0 Å². The highest BCUT2D eigenvalue weighted by molar-refractivity contribution is 7.90. The number of hydrogen-bond donors (Lipinski definition) is 1. The number of aromatic nitrogens is 1. The number of esters is 1. The summed E-state index contributed by atoms with van der Waals surface area (Å²) in [4.78, 5) is 44.5. The SMILES string of the molecule is CCOC(=O)CCCNC(=O)N1CCN(C(=O)c2ccc(CS(=O)(=O)c3cccc4cccnc34)cc2)CC1. The van der Waals surface area contributed by atoms with Gasteiger partial charge in [0.15, 0.2) is 9.84 Å². The normalized spacial score (nSPS) is 13.8. The molecule has 0 aliphatic carbocycles. The van der Waals surface area contributed by atoms with Crippen LogP contribution in [0.25, 0.3) is 10.9 Å². The molecule has 0 saturated carbocycles. The van der Waals surface area contributed by atoms with E-state index in [9.17, 15) is 22.8 Å². The molecule has 39 heavy (non-hydrogen) atoms. The Labute approximate surface area is 227 Å². The lowest BCUT2D eigenvalue weighted by atomic mass is 10.1. The summed E-state index contributed by atoms with van der Waals surface area (Å²) in [6.45, 7) is 4.02. The number of hydrogen-bond acceptors (Lipinski definition) is 7. The van der Waals surface area contributed by atoms with Gasteiger partial charge in [0, 0.05) is 56.3 Å². The van der Waals surface area contributed by atoms with Gasteiger partial charge < -0.3 is 19.9 Å². The second kappa shape index (κ2) is 12.7. The Morgan fingerprint density at radius 3 is 2.36 bits per heavy atom. The molecule has 10 nitrogen and oxygen atoms in total. The summed E-state index contributed by atoms with van der Waals surface area (Å²) in [6, 6.07) is 15.0. The van der Waals surface area contributed by atoms with Crippen molar-refractivity contribution in [2.45, 2.75) is 30.4 Å². The lowest BCUT2D eigenvalue weighted by molar-refractivity contribution is -0.143. The summed E-state index contributed by atoms with van der Waals surface area (Å²) >= 11 is 0. The summed E-state index contributed by atoms with van der Waals surface area (Å²) in [7, 11) is -3.65. The fourth-order valence-corrected chi connectivity index (χ4v) is 5.97. The average molecular weight is 553 g/mol. The molecule has 1 fully saturated rings. The zero-order valence-corrected chi connectivity index (χ0v) is 22.7. The second-order valence-corrected chi connectivity index (χ2v) is 11.2. The van der Waals surface area contributed by atoms with Crippen LogP contribution in [-0.4, -0.2) is 80.4 Å². The monoisotopic (exact) mass is 552 g/mol. The third-order valence-corrected chi connectivity index (χ3v) is 8.19. The molecule has 0 spiro atoms. The van der Waals surface area contributed by atoms with E-state index in [0.29, 0.717) is 62.4 Å². The molecule has 2 heterocycles. The molecule has 3 amide bonds. The fraction of sp³-hybridized carbons (Fsp3) is 0.357. The van der Waals surface area contributed by atoms with E-state index in [1.54, 1.807) is 65.4 Å². The molecule has 0 unspecified atom stereocenters. The number of carbonyl (C=O) groups is 3. The number of ether oxygens (including phenoxy) is 1. The van der Waals surface area contributed by atoms with Crippen molar-refractivity contribution >= 4 is 38.6 Å². The summed E-state index contributed by atoms with van der Waals surface area (Å²) in [5.74, 6) is -0.655. The minimum Gasteiger partial charge on any atom is -0.466 e. The van der Waals surface area contributed by atoms with Gasteiger partial charge in [0.1, 0.15) is 0 Å². The molecular formula is C28H32N4O6S. The van der Waals surface area contributed by atoms with Gasteiger partial charge in [0.05, 0.1) is 22.8 Å². The highest BCUT2D eigenvalue weighted by Gasteiger charge is 2.25. The molecule has 206 valence electrons. The Hall–Kier alpha value is -3.99. The Morgan fingerprint density at radius 1 is 0.949 bits per heavy atom. The van der Waals surface area contributed by atoms with Gasteiger partial charge in [-0.05, 0) is 43.2 Å². The van der Waals surface area contributed by atoms with Crippen LogP contribution in [-0.2, 0) is 25.1 Å². The number of carbonyl (C=O) groups excluding carboxylic acids is 3. The number of benzene rings is 2. The average Bonchev–Trinajstić information content (AvgIpc) is 2.95. The van der Waals surface area contributed by atoms with Crippen LogP contribution in [0.1, 0.15) is 35.7 Å². The van der Waals surface area contributed by atoms with Crippen molar-refractivity contribution < 1.29 is 27.5 Å². The fourth-order valence-electron chi connectivity index (χ4n) is 4.44. The molecule has 1 aliphatic heterocycles. The van der Waals surface area contributed by atoms with E-state index in [0.717, 1.165) is 5.39 Å². The first-order valence-corrected chi connectivity index (χ1v) is 14.6. The molecule has 3 aromatic rings. The van der Waals surface area contributed by atoms with Crippen molar-refractivity contribution in [2.24, 2.45) is 0 Å². The molecule has 11 heteroatoms. The zero-order valence-electron chi connectivity index (χ0n) is 21.8. The predicted octanol–water partition coefficient (Wildman–Crippen LogP) is 3.02. The molecular weight excluding hydrogens is 520 g/mol. The Bertz CT molecular complexity index is 1430. The van der Waals surface area contributed by atoms with Crippen LogP contribution in [0.2, 0.25) is 0 Å². The summed E-state index contributed by atoms with van der Waals surface area (Å²) in [5, 5.41) is 3.55. The maximum atomic E-state index is 13.1. The number of nitrogens with one attached hydrogen (secondary N) is 1. The van der Waals surface area contributed by atoms with E-state index in [2.05, 4.69) is 10.3 Å². The maximum absolute atomic E-state index is 13.1. The highest BCUT2D eigenvalue weighted by Crippen LogP contribution is 2.24. The molecule has 1 N–H and O–H groups in total. The molecule has 1 aromatic heterocycles. The van der Waals surface area contributed by atoms with Crippen LogP contribution >= 0.6 is 0 Å². The van der Waals surface area contributed by atoms with Gasteiger partial charge in [-0.2, -0.15) is 0 Å². The quantitative estimate of drug-likeness (QED) is 0.319. The van der Waals surface area contributed by atoms with Gasteiger partial charge >= 0.3 is 12.0 Å². The number of fused-ring (bicyclic) bond motifs is 1. The van der Waals surface area contributed by atoms with Crippen molar-refractivity contribution in [2.75, 3.05) is 39.3 Å². The summed E-state index contributed by atoms with van der Waals surface area (Å²) in [5.41, 5.74) is 1.47. The van der Waals surface area contributed by atoms with Crippen LogP contribution in [0.3, 0.4) is 0 Å². The van der Waals surface area contributed by atoms with E-state index < -0.39 is 9.84 Å². The van der Waals surface area contributed by atoms with E-state index in [-0.39, 0.29) is 35.0 Å². The number of sulfone groups is 1. The standard InChI is InChI=1S/C28H32N4O6S/c1-2-38-25(33)9-5-15-30-28(35)32-18-16-31(17-19-32)27(34)23-12-10-21(11-13-23)20-39(36,37)24-8-3-6-22-7-4-14-29-26(22)24/h3-4,6-8,10-14H,2,5,9,15-20H2,1H3,(H,30,35). The minimum absolute atomic E-state index is 0.169. The molecule has 0 radical (unpaired) electrons. The van der Waals surface area contributed by atoms with E-state index in [1.807, 2.05) is 12.1 Å². The van der Waals surface area contributed by atoms with Gasteiger partial charge in [-0.3, -0.25) is 14.6 Å². The van der Waals surface area contributed by atoms with Gasteiger partial charge in [-0.15, -0.1) is 0 Å². The first-order chi connectivity index (χ1) is 18.8. The van der Waals surface area contributed by atoms with Crippen LogP contribution < -0.4 is 5.32 Å². The first-order valence-electron chi connectivity index (χ1n) is 12.9. The van der Waals surface area contributed by atoms with Crippen molar-refractivity contribution in [1.82, 2.24) is 20.1 Å². The third-order valence-electron chi connectivity index (χ3n) is 6.48. The highest BCUT2D eigenvalue weighted by atomic mass is 32.2.